The fraction of sp³-hybridized carbons (Fsp3) is 0.833. The lowest BCUT2D eigenvalue weighted by Gasteiger charge is -2.30. The third-order valence-corrected chi connectivity index (χ3v) is 6.15. The summed E-state index contributed by atoms with van der Waals surface area (Å²) in [4.78, 5) is 0. The zero-order chi connectivity index (χ0) is 22.1. The van der Waals surface area contributed by atoms with Crippen molar-refractivity contribution in [1.82, 2.24) is 0 Å². The highest BCUT2D eigenvalue weighted by Gasteiger charge is 2.28. The summed E-state index contributed by atoms with van der Waals surface area (Å²) in [6.07, 6.45) is -2.39. The van der Waals surface area contributed by atoms with Crippen molar-refractivity contribution in [3.05, 3.63) is 0 Å². The average molecular weight is 397 g/mol. The van der Waals surface area contributed by atoms with Gasteiger partial charge in [-0.2, -0.15) is 15.8 Å². The molecule has 0 fully saturated rings. The number of hydrogen-bond acceptors (Lipinski definition) is 6. The van der Waals surface area contributed by atoms with Crippen LogP contribution in [0.1, 0.15) is 41.5 Å². The molecule has 0 atom stereocenters. The molecule has 0 aliphatic heterocycles. The Balaban J connectivity index is -0.000000327. The highest BCUT2D eigenvalue weighted by molar-refractivity contribution is 8.24. The van der Waals surface area contributed by atoms with Crippen LogP contribution in [0.15, 0.2) is 0 Å². The summed E-state index contributed by atoms with van der Waals surface area (Å²) in [6, 6.07) is 3.86. The smallest absolute Gasteiger partial charge is 0.261 e. The molecular formula is C18H36BN5O2S. The number of hydrogen-bond donors (Lipinski definition) is 0. The van der Waals surface area contributed by atoms with Crippen LogP contribution >= 0.6 is 11.6 Å². The predicted octanol–water partition coefficient (Wildman–Crippen LogP) is 0.720. The normalized spacial score (nSPS) is 10.8. The summed E-state index contributed by atoms with van der Waals surface area (Å²) < 4.78 is 0.272. The minimum absolute atomic E-state index is 0.0475. The first-order valence-electron chi connectivity index (χ1n) is 9.37. The van der Waals surface area contributed by atoms with Crippen molar-refractivity contribution in [3.8, 4) is 18.2 Å². The fourth-order valence-corrected chi connectivity index (χ4v) is 2.09. The molecule has 0 N–H and O–H groups in total. The molecule has 0 aromatic heterocycles. The molecule has 7 nitrogen and oxygen atoms in total. The molecule has 0 spiro atoms. The highest BCUT2D eigenvalue weighted by atomic mass is 32.2. The van der Waals surface area contributed by atoms with Crippen LogP contribution in [0.5, 0.6) is 0 Å². The van der Waals surface area contributed by atoms with Gasteiger partial charge in [0.1, 0.15) is 18.2 Å². The summed E-state index contributed by atoms with van der Waals surface area (Å²) in [6.45, 7) is 21.0. The zero-order valence-electron chi connectivity index (χ0n) is 18.3. The van der Waals surface area contributed by atoms with Crippen molar-refractivity contribution in [1.29, 1.82) is 15.8 Å². The second-order valence-electron chi connectivity index (χ2n) is 6.56. The Morgan fingerprint density at radius 2 is 0.926 bits per heavy atom. The molecule has 0 bridgehead atoms. The van der Waals surface area contributed by atoms with E-state index >= 15 is 0 Å². The van der Waals surface area contributed by atoms with Crippen LogP contribution in [-0.4, -0.2) is 73.5 Å². The molecule has 0 heterocycles. The zero-order valence-corrected chi connectivity index (χ0v) is 19.1. The van der Waals surface area contributed by atoms with Crippen molar-refractivity contribution in [2.45, 2.75) is 46.3 Å². The average Bonchev–Trinajstić information content (AvgIpc) is 2.71. The van der Waals surface area contributed by atoms with Gasteiger partial charge in [-0.25, -0.2) is 11.6 Å². The van der Waals surface area contributed by atoms with Gasteiger partial charge in [-0.15, -0.1) is 0 Å². The Hall–Kier alpha value is -1.28. The first kappa shape index (κ1) is 30.5. The van der Waals surface area contributed by atoms with E-state index in [4.69, 9.17) is 15.8 Å². The topological polar surface area (TPSA) is 117 Å². The Labute approximate surface area is 171 Å². The summed E-state index contributed by atoms with van der Waals surface area (Å²) >= 11 is -0.0475. The summed E-state index contributed by atoms with van der Waals surface area (Å²) in [5, 5.41) is 44.6. The van der Waals surface area contributed by atoms with Gasteiger partial charge in [-0.3, -0.25) is 0 Å². The molecule has 0 saturated heterocycles. The maximum Gasteiger partial charge on any atom is 0.261 e. The second kappa shape index (κ2) is 15.8. The van der Waals surface area contributed by atoms with Crippen LogP contribution in [0.3, 0.4) is 0 Å². The molecule has 0 aliphatic rings. The molecule has 154 valence electrons. The Morgan fingerprint density at radius 3 is 0.963 bits per heavy atom. The van der Waals surface area contributed by atoms with Gasteiger partial charge in [-0.05, 0) is 47.9 Å². The van der Waals surface area contributed by atoms with Gasteiger partial charge in [0.2, 0.25) is 0 Å². The third kappa shape index (κ3) is 13.5. The quantitative estimate of drug-likeness (QED) is 0.440. The standard InChI is InChI=1S/2C7H18N.C4BN3O2S/c2*1-5-8(4,6-2)7-3;6-1-4(2-7,3-8)11-5(9)10/h2*5-7H2,1-4H3;/q2*+1;-2. The van der Waals surface area contributed by atoms with Crippen LogP contribution in [0.4, 0.5) is 0 Å². The number of quaternary nitrogens is 2. The Morgan fingerprint density at radius 1 is 0.704 bits per heavy atom. The van der Waals surface area contributed by atoms with E-state index in [1.54, 1.807) is 0 Å². The van der Waals surface area contributed by atoms with E-state index in [0.717, 1.165) is 0 Å². The number of nitriles is 3. The predicted molar refractivity (Wildman–Crippen MR) is 109 cm³/mol. The Kier molecular flexibility index (Phi) is 17.8. The second-order valence-corrected chi connectivity index (χ2v) is 7.79. The molecule has 0 saturated carbocycles. The lowest BCUT2D eigenvalue weighted by Crippen LogP contribution is -2.45. The minimum Gasteiger partial charge on any atom is -0.884 e. The van der Waals surface area contributed by atoms with E-state index in [0.29, 0.717) is 0 Å². The Bertz CT molecular complexity index is 433. The van der Waals surface area contributed by atoms with Crippen molar-refractivity contribution >= 4 is 18.0 Å². The van der Waals surface area contributed by atoms with E-state index in [9.17, 15) is 10.0 Å². The highest BCUT2D eigenvalue weighted by Crippen LogP contribution is 2.21. The van der Waals surface area contributed by atoms with Crippen LogP contribution in [-0.2, 0) is 0 Å². The first-order valence-corrected chi connectivity index (χ1v) is 10.2. The SMILES string of the molecule is CC[N+](C)(CC)CC.CC[N+](C)(CC)CC.N#CC(C#N)(C#N)SB([O-])[O-]. The molecule has 0 aromatic rings. The van der Waals surface area contributed by atoms with Gasteiger partial charge in [0.15, 0.2) is 0 Å². The molecule has 9 heteroatoms. The van der Waals surface area contributed by atoms with E-state index in [1.807, 2.05) is 0 Å². The van der Waals surface area contributed by atoms with E-state index in [2.05, 4.69) is 55.6 Å². The van der Waals surface area contributed by atoms with Crippen molar-refractivity contribution in [2.24, 2.45) is 0 Å². The van der Waals surface area contributed by atoms with Gasteiger partial charge in [0, 0.05) is 0 Å². The van der Waals surface area contributed by atoms with Gasteiger partial charge in [-0.1, -0.05) is 0 Å². The summed E-state index contributed by atoms with van der Waals surface area (Å²) in [5.41, 5.74) is 0. The van der Waals surface area contributed by atoms with Crippen LogP contribution < -0.4 is 10.0 Å². The molecule has 0 radical (unpaired) electrons. The molecule has 0 aliphatic carbocycles. The van der Waals surface area contributed by atoms with Crippen LogP contribution in [0.2, 0.25) is 0 Å². The maximum absolute atomic E-state index is 9.97. The van der Waals surface area contributed by atoms with Gasteiger partial charge in [0.05, 0.1) is 53.4 Å². The first-order chi connectivity index (χ1) is 12.5. The lowest BCUT2D eigenvalue weighted by molar-refractivity contribution is -0.904. The fourth-order valence-electron chi connectivity index (χ4n) is 1.64. The van der Waals surface area contributed by atoms with E-state index in [-0.39, 0.29) is 11.6 Å². The monoisotopic (exact) mass is 397 g/mol. The third-order valence-electron chi connectivity index (χ3n) is 5.33. The van der Waals surface area contributed by atoms with E-state index < -0.39 is 11.1 Å². The molecule has 27 heavy (non-hydrogen) atoms. The minimum atomic E-state index is -2.39. The van der Waals surface area contributed by atoms with Crippen molar-refractivity contribution in [2.75, 3.05) is 53.4 Å². The maximum atomic E-state index is 9.97. The number of nitrogens with zero attached hydrogens (tertiary/aromatic N) is 5. The number of rotatable bonds is 8. The lowest BCUT2D eigenvalue weighted by atomic mass is 10.2. The van der Waals surface area contributed by atoms with Crippen molar-refractivity contribution in [3.63, 3.8) is 0 Å². The summed E-state index contributed by atoms with van der Waals surface area (Å²) in [7, 11) is 4.58. The molecular weight excluding hydrogens is 361 g/mol. The molecule has 0 unspecified atom stereocenters. The van der Waals surface area contributed by atoms with Gasteiger partial charge in [0.25, 0.3) is 4.75 Å². The van der Waals surface area contributed by atoms with E-state index in [1.165, 1.54) is 66.4 Å². The molecule has 0 rings (SSSR count). The van der Waals surface area contributed by atoms with Crippen molar-refractivity contribution < 1.29 is 19.0 Å². The summed E-state index contributed by atoms with van der Waals surface area (Å²) in [5.74, 6) is 0. The van der Waals surface area contributed by atoms with Gasteiger partial charge >= 0.3 is 0 Å². The molecule has 0 aromatic carbocycles. The van der Waals surface area contributed by atoms with Crippen LogP contribution in [0.25, 0.3) is 0 Å². The van der Waals surface area contributed by atoms with Crippen LogP contribution in [0, 0.1) is 34.0 Å². The van der Waals surface area contributed by atoms with Gasteiger partial charge < -0.3 is 19.0 Å². The molecule has 0 amide bonds. The largest absolute Gasteiger partial charge is 0.884 e.